The van der Waals surface area contributed by atoms with Gasteiger partial charge in [-0.3, -0.25) is 14.4 Å². The molecule has 0 saturated carbocycles. The Kier molecular flexibility index (Phi) is 8.90. The third-order valence-corrected chi connectivity index (χ3v) is 6.05. The molecule has 2 amide bonds. The van der Waals surface area contributed by atoms with Crippen molar-refractivity contribution < 1.29 is 54.4 Å². The van der Waals surface area contributed by atoms with Gasteiger partial charge in [-0.05, 0) is 6.42 Å². The van der Waals surface area contributed by atoms with Crippen molar-refractivity contribution in [2.24, 2.45) is 0 Å². The molecule has 1 aromatic carbocycles. The fourth-order valence-electron chi connectivity index (χ4n) is 2.25. The van der Waals surface area contributed by atoms with Crippen LogP contribution in [0, 0.1) is 29.1 Å². The number of carbonyl (C=O) groups excluding carboxylic acids is 4. The number of halogens is 5. The first kappa shape index (κ1) is 25.8. The highest BCUT2D eigenvalue weighted by atomic mass is 28.4. The molecule has 0 fully saturated rings. The molecule has 9 nitrogen and oxygen atoms in total. The molecule has 0 heterocycles. The zero-order valence-corrected chi connectivity index (χ0v) is 17.4. The molecule has 0 atom stereocenters. The average molecular weight is 472 g/mol. The predicted octanol–water partition coefficient (Wildman–Crippen LogP) is 2.52. The summed E-state index contributed by atoms with van der Waals surface area (Å²) in [5.74, 6) is -14.1. The molecule has 0 radical (unpaired) electrons. The summed E-state index contributed by atoms with van der Waals surface area (Å²) in [4.78, 5) is 45.6. The van der Waals surface area contributed by atoms with Crippen LogP contribution in [0.15, 0.2) is 0 Å². The third kappa shape index (κ3) is 7.20. The predicted molar refractivity (Wildman–Crippen MR) is 93.7 cm³/mol. The number of nitrogens with one attached hydrogen (secondary N) is 2. The van der Waals surface area contributed by atoms with Gasteiger partial charge in [0.15, 0.2) is 23.3 Å². The van der Waals surface area contributed by atoms with E-state index in [0.29, 0.717) is 0 Å². The first-order valence-corrected chi connectivity index (χ1v) is 10.4. The summed E-state index contributed by atoms with van der Waals surface area (Å²) in [6, 6.07) is -1.66. The van der Waals surface area contributed by atoms with Gasteiger partial charge in [0, 0.05) is 27.3 Å². The Morgan fingerprint density at radius 2 is 1.13 bits per heavy atom. The number of anilines is 1. The van der Waals surface area contributed by atoms with Crippen molar-refractivity contribution in [3.05, 3.63) is 29.1 Å². The van der Waals surface area contributed by atoms with E-state index in [1.54, 1.807) is 0 Å². The minimum atomic E-state index is -4.15. The van der Waals surface area contributed by atoms with Gasteiger partial charge in [-0.15, -0.1) is 0 Å². The van der Waals surface area contributed by atoms with E-state index in [9.17, 15) is 41.1 Å². The van der Waals surface area contributed by atoms with Gasteiger partial charge in [0.25, 0.3) is 17.9 Å². The molecular formula is C16H17F5N2O7Si. The average Bonchev–Trinajstić information content (AvgIpc) is 2.63. The van der Waals surface area contributed by atoms with E-state index in [2.05, 4.69) is 5.32 Å². The van der Waals surface area contributed by atoms with Gasteiger partial charge in [0.2, 0.25) is 5.82 Å². The Labute approximate surface area is 173 Å². The molecule has 15 heteroatoms. The Bertz CT molecular complexity index is 830. The second-order valence-electron chi connectivity index (χ2n) is 5.89. The molecule has 1 rings (SSSR count). The first-order chi connectivity index (χ1) is 14.3. The summed E-state index contributed by atoms with van der Waals surface area (Å²) in [5, 5.41) is 3.54. The van der Waals surface area contributed by atoms with E-state index in [1.165, 1.54) is 5.32 Å². The number of rotatable bonds is 8. The first-order valence-electron chi connectivity index (χ1n) is 8.44. The zero-order valence-electron chi connectivity index (χ0n) is 16.4. The molecule has 0 aliphatic carbocycles. The van der Waals surface area contributed by atoms with E-state index in [0.717, 1.165) is 20.8 Å². The molecular weight excluding hydrogens is 455 g/mol. The topological polar surface area (TPSA) is 120 Å². The molecule has 0 aromatic heterocycles. The van der Waals surface area contributed by atoms with E-state index in [-0.39, 0.29) is 19.0 Å². The fraction of sp³-hybridized carbons (Fsp3) is 0.375. The van der Waals surface area contributed by atoms with Crippen molar-refractivity contribution in [3.8, 4) is 0 Å². The lowest BCUT2D eigenvalue weighted by Gasteiger charge is -2.26. The zero-order chi connectivity index (χ0) is 23.9. The molecule has 0 aliphatic rings. The Morgan fingerprint density at radius 3 is 1.52 bits per heavy atom. The van der Waals surface area contributed by atoms with Crippen molar-refractivity contribution in [1.29, 1.82) is 0 Å². The molecule has 0 saturated heterocycles. The maximum Gasteiger partial charge on any atom is 0.705 e. The van der Waals surface area contributed by atoms with Gasteiger partial charge in [-0.25, -0.2) is 26.7 Å². The second-order valence-corrected chi connectivity index (χ2v) is 8.37. The molecule has 1 aromatic rings. The Hall–Kier alpha value is -3.23. The highest BCUT2D eigenvalue weighted by molar-refractivity contribution is 6.65. The van der Waals surface area contributed by atoms with Crippen molar-refractivity contribution >= 4 is 38.4 Å². The van der Waals surface area contributed by atoms with E-state index in [1.807, 2.05) is 0 Å². The lowest BCUT2D eigenvalue weighted by atomic mass is 10.2. The minimum Gasteiger partial charge on any atom is -0.455 e. The maximum absolute atomic E-state index is 13.6. The van der Waals surface area contributed by atoms with Crippen molar-refractivity contribution in [1.82, 2.24) is 5.32 Å². The molecule has 0 bridgehead atoms. The third-order valence-electron chi connectivity index (χ3n) is 3.29. The van der Waals surface area contributed by atoms with Crippen LogP contribution < -0.4 is 10.6 Å². The van der Waals surface area contributed by atoms with E-state index in [4.69, 9.17) is 13.3 Å². The molecule has 172 valence electrons. The molecule has 0 unspecified atom stereocenters. The molecule has 0 spiro atoms. The summed E-state index contributed by atoms with van der Waals surface area (Å²) in [6.07, 6.45) is -0.134. The van der Waals surface area contributed by atoms with Crippen LogP contribution in [0.25, 0.3) is 0 Å². The lowest BCUT2D eigenvalue weighted by molar-refractivity contribution is -0.147. The summed E-state index contributed by atoms with van der Waals surface area (Å²) >= 11 is 0. The quantitative estimate of drug-likeness (QED) is 0.196. The second kappa shape index (κ2) is 10.7. The van der Waals surface area contributed by atoms with Gasteiger partial charge in [0.1, 0.15) is 5.69 Å². The molecule has 31 heavy (non-hydrogen) atoms. The summed E-state index contributed by atoms with van der Waals surface area (Å²) < 4.78 is 81.1. The van der Waals surface area contributed by atoms with Gasteiger partial charge in [-0.1, -0.05) is 0 Å². The number of benzene rings is 1. The number of urea groups is 1. The number of hydrogen-bond acceptors (Lipinski definition) is 7. The van der Waals surface area contributed by atoms with Crippen LogP contribution in [0.5, 0.6) is 0 Å². The standard InChI is InChI=1S/C16H17F5N2O7Si/c1-7(24)28-31(29-8(2)25,30-9(3)26)6-4-5-22-16(27)23-15-13(20)11(18)10(17)12(19)14(15)21/h4-6H2,1-3H3,(H2,22,23,27). The van der Waals surface area contributed by atoms with Crippen LogP contribution >= 0.6 is 0 Å². The van der Waals surface area contributed by atoms with Crippen LogP contribution in [0.2, 0.25) is 6.04 Å². The number of carbonyl (C=O) groups is 4. The Morgan fingerprint density at radius 1 is 0.742 bits per heavy atom. The molecule has 2 N–H and O–H groups in total. The maximum atomic E-state index is 13.6. The fourth-order valence-corrected chi connectivity index (χ4v) is 4.61. The number of amides is 2. The smallest absolute Gasteiger partial charge is 0.455 e. The van der Waals surface area contributed by atoms with Crippen LogP contribution in [-0.4, -0.2) is 39.3 Å². The van der Waals surface area contributed by atoms with Gasteiger partial charge in [-0.2, -0.15) is 0 Å². The Balaban J connectivity index is 2.81. The van der Waals surface area contributed by atoms with Crippen LogP contribution in [0.4, 0.5) is 32.4 Å². The van der Waals surface area contributed by atoms with Crippen LogP contribution in [-0.2, 0) is 27.7 Å². The van der Waals surface area contributed by atoms with E-state index >= 15 is 0 Å². The van der Waals surface area contributed by atoms with Gasteiger partial charge >= 0.3 is 14.8 Å². The van der Waals surface area contributed by atoms with Crippen molar-refractivity contribution in [2.45, 2.75) is 33.2 Å². The van der Waals surface area contributed by atoms with E-state index < -0.39 is 67.5 Å². The van der Waals surface area contributed by atoms with Crippen molar-refractivity contribution in [2.75, 3.05) is 11.9 Å². The van der Waals surface area contributed by atoms with Gasteiger partial charge < -0.3 is 23.9 Å². The van der Waals surface area contributed by atoms with Gasteiger partial charge in [0.05, 0.1) is 6.04 Å². The van der Waals surface area contributed by atoms with Crippen LogP contribution in [0.3, 0.4) is 0 Å². The highest BCUT2D eigenvalue weighted by Gasteiger charge is 2.51. The van der Waals surface area contributed by atoms with Crippen LogP contribution in [0.1, 0.15) is 27.2 Å². The number of hydrogen-bond donors (Lipinski definition) is 2. The summed E-state index contributed by atoms with van der Waals surface area (Å²) in [6.45, 7) is 2.61. The minimum absolute atomic E-state index is 0.134. The summed E-state index contributed by atoms with van der Waals surface area (Å²) in [5.41, 5.74) is -1.56. The lowest BCUT2D eigenvalue weighted by Crippen LogP contribution is -2.49. The summed E-state index contributed by atoms with van der Waals surface area (Å²) in [7, 11) is -4.15. The van der Waals surface area contributed by atoms with Crippen molar-refractivity contribution in [3.63, 3.8) is 0 Å². The molecule has 0 aliphatic heterocycles. The monoisotopic (exact) mass is 472 g/mol. The SMILES string of the molecule is CC(=O)O[Si](CCCNC(=O)Nc1c(F)c(F)c(F)c(F)c1F)(OC(C)=O)OC(C)=O. The highest BCUT2D eigenvalue weighted by Crippen LogP contribution is 2.27. The largest absolute Gasteiger partial charge is 0.705 e. The normalized spacial score (nSPS) is 10.8.